The van der Waals surface area contributed by atoms with E-state index in [2.05, 4.69) is 47.5 Å². The number of fused-ring (bicyclic) bond motifs is 1. The minimum atomic E-state index is 0.655. The highest BCUT2D eigenvalue weighted by Crippen LogP contribution is 2.33. The number of aromatic nitrogens is 2. The van der Waals surface area contributed by atoms with E-state index in [1.54, 1.807) is 0 Å². The van der Waals surface area contributed by atoms with E-state index in [0.29, 0.717) is 5.56 Å². The SMILES string of the molecule is Cc1ccc(-c2cnc(N3CCC4CNC[C@H]4CC3)nc2-c2ccc(C#N)cc2)cc1. The number of anilines is 1. The van der Waals surface area contributed by atoms with E-state index in [1.807, 2.05) is 30.5 Å². The smallest absolute Gasteiger partial charge is 0.225 e. The lowest BCUT2D eigenvalue weighted by atomic mass is 9.92. The quantitative estimate of drug-likeness (QED) is 0.693. The lowest BCUT2D eigenvalue weighted by Crippen LogP contribution is -2.27. The van der Waals surface area contributed by atoms with Crippen molar-refractivity contribution in [1.82, 2.24) is 15.3 Å². The lowest BCUT2D eigenvalue weighted by molar-refractivity contribution is 0.409. The first-order chi connectivity index (χ1) is 15.2. The molecule has 0 radical (unpaired) electrons. The van der Waals surface area contributed by atoms with Crippen molar-refractivity contribution in [3.05, 3.63) is 65.9 Å². The van der Waals surface area contributed by atoms with Gasteiger partial charge in [0.2, 0.25) is 5.95 Å². The zero-order valence-corrected chi connectivity index (χ0v) is 17.9. The summed E-state index contributed by atoms with van der Waals surface area (Å²) in [6, 6.07) is 18.4. The van der Waals surface area contributed by atoms with Gasteiger partial charge in [0.1, 0.15) is 0 Å². The molecule has 1 unspecified atom stereocenters. The summed E-state index contributed by atoms with van der Waals surface area (Å²) in [7, 11) is 0. The number of benzene rings is 2. The molecule has 2 fully saturated rings. The maximum Gasteiger partial charge on any atom is 0.225 e. The van der Waals surface area contributed by atoms with Gasteiger partial charge in [-0.25, -0.2) is 9.97 Å². The minimum absolute atomic E-state index is 0.655. The zero-order valence-electron chi connectivity index (χ0n) is 17.9. The topological polar surface area (TPSA) is 64.8 Å². The van der Waals surface area contributed by atoms with Crippen molar-refractivity contribution < 1.29 is 0 Å². The Morgan fingerprint density at radius 3 is 2.23 bits per heavy atom. The molecule has 0 aliphatic carbocycles. The summed E-state index contributed by atoms with van der Waals surface area (Å²) < 4.78 is 0. The molecule has 5 nitrogen and oxygen atoms in total. The van der Waals surface area contributed by atoms with Gasteiger partial charge in [0.05, 0.1) is 17.3 Å². The molecule has 3 heterocycles. The van der Waals surface area contributed by atoms with Gasteiger partial charge in [0, 0.05) is 30.4 Å². The van der Waals surface area contributed by atoms with Crippen LogP contribution in [0.2, 0.25) is 0 Å². The van der Waals surface area contributed by atoms with Gasteiger partial charge in [0.25, 0.3) is 0 Å². The van der Waals surface area contributed by atoms with Crippen LogP contribution >= 0.6 is 0 Å². The molecule has 2 atom stereocenters. The Morgan fingerprint density at radius 1 is 0.935 bits per heavy atom. The lowest BCUT2D eigenvalue weighted by Gasteiger charge is -2.22. The summed E-state index contributed by atoms with van der Waals surface area (Å²) in [5.74, 6) is 2.35. The van der Waals surface area contributed by atoms with E-state index in [-0.39, 0.29) is 0 Å². The maximum atomic E-state index is 9.18. The number of rotatable bonds is 3. The average Bonchev–Trinajstić information content (AvgIpc) is 3.17. The minimum Gasteiger partial charge on any atom is -0.341 e. The van der Waals surface area contributed by atoms with E-state index in [4.69, 9.17) is 9.97 Å². The summed E-state index contributed by atoms with van der Waals surface area (Å²) in [6.45, 7) is 6.37. The molecule has 5 rings (SSSR count). The molecule has 2 aliphatic rings. The Kier molecular flexibility index (Phi) is 5.40. The Morgan fingerprint density at radius 2 is 1.58 bits per heavy atom. The van der Waals surface area contributed by atoms with Crippen LogP contribution in [-0.2, 0) is 0 Å². The van der Waals surface area contributed by atoms with Gasteiger partial charge in [-0.1, -0.05) is 42.0 Å². The van der Waals surface area contributed by atoms with Crippen molar-refractivity contribution in [1.29, 1.82) is 5.26 Å². The number of hydrogen-bond acceptors (Lipinski definition) is 5. The van der Waals surface area contributed by atoms with E-state index in [1.165, 1.54) is 18.4 Å². The largest absolute Gasteiger partial charge is 0.341 e. The van der Waals surface area contributed by atoms with Crippen LogP contribution in [0.1, 0.15) is 24.0 Å². The molecular weight excluding hydrogens is 382 g/mol. The monoisotopic (exact) mass is 409 g/mol. The fraction of sp³-hybridized carbons (Fsp3) is 0.346. The van der Waals surface area contributed by atoms with Crippen molar-refractivity contribution >= 4 is 5.95 Å². The highest BCUT2D eigenvalue weighted by Gasteiger charge is 2.31. The molecule has 156 valence electrons. The molecule has 2 aromatic carbocycles. The Labute approximate surface area is 183 Å². The van der Waals surface area contributed by atoms with Gasteiger partial charge < -0.3 is 10.2 Å². The second kappa shape index (κ2) is 8.49. The molecule has 5 heteroatoms. The molecule has 0 saturated carbocycles. The van der Waals surface area contributed by atoms with E-state index < -0.39 is 0 Å². The van der Waals surface area contributed by atoms with Crippen molar-refractivity contribution in [2.45, 2.75) is 19.8 Å². The third kappa shape index (κ3) is 4.04. The average molecular weight is 410 g/mol. The third-order valence-corrected chi connectivity index (χ3v) is 6.73. The van der Waals surface area contributed by atoms with Crippen LogP contribution < -0.4 is 10.2 Å². The molecule has 3 aromatic rings. The fourth-order valence-electron chi connectivity index (χ4n) is 4.81. The summed E-state index contributed by atoms with van der Waals surface area (Å²) >= 11 is 0. The molecule has 0 bridgehead atoms. The predicted molar refractivity (Wildman–Crippen MR) is 124 cm³/mol. The first kappa shape index (κ1) is 19.7. The van der Waals surface area contributed by atoms with E-state index >= 15 is 0 Å². The standard InChI is InChI=1S/C26H27N5/c1-18-2-6-20(7-3-18)24-17-29-26(30-25(24)21-8-4-19(14-27)5-9-21)31-12-10-22-15-28-16-23(22)11-13-31/h2-9,17,22-23,28H,10-13,15-16H2,1H3/t22-,23?/m1/s1. The zero-order chi connectivity index (χ0) is 21.2. The van der Waals surface area contributed by atoms with Gasteiger partial charge in [-0.15, -0.1) is 0 Å². The molecule has 2 aliphatic heterocycles. The van der Waals surface area contributed by atoms with Crippen LogP contribution in [0.3, 0.4) is 0 Å². The number of nitrogens with one attached hydrogen (secondary N) is 1. The van der Waals surface area contributed by atoms with Gasteiger partial charge in [0.15, 0.2) is 0 Å². The van der Waals surface area contributed by atoms with Crippen LogP contribution in [0.5, 0.6) is 0 Å². The number of hydrogen-bond donors (Lipinski definition) is 1. The predicted octanol–water partition coefficient (Wildman–Crippen LogP) is 4.43. The van der Waals surface area contributed by atoms with E-state index in [9.17, 15) is 5.26 Å². The normalized spacial score (nSPS) is 20.7. The third-order valence-electron chi connectivity index (χ3n) is 6.73. The summed E-state index contributed by atoms with van der Waals surface area (Å²) in [4.78, 5) is 12.2. The fourth-order valence-corrected chi connectivity index (χ4v) is 4.81. The van der Waals surface area contributed by atoms with Crippen LogP contribution in [0.4, 0.5) is 5.95 Å². The molecule has 1 aromatic heterocycles. The highest BCUT2D eigenvalue weighted by atomic mass is 15.2. The van der Waals surface area contributed by atoms with Crippen molar-refractivity contribution in [2.75, 3.05) is 31.1 Å². The Hall–Kier alpha value is -3.23. The second-order valence-electron chi connectivity index (χ2n) is 8.73. The van der Waals surface area contributed by atoms with Crippen LogP contribution in [-0.4, -0.2) is 36.1 Å². The first-order valence-electron chi connectivity index (χ1n) is 11.1. The number of nitrogens with zero attached hydrogens (tertiary/aromatic N) is 4. The van der Waals surface area contributed by atoms with Crippen LogP contribution in [0, 0.1) is 30.1 Å². The number of nitriles is 1. The van der Waals surface area contributed by atoms with Crippen LogP contribution in [0.25, 0.3) is 22.4 Å². The summed E-state index contributed by atoms with van der Waals surface area (Å²) in [6.07, 6.45) is 4.34. The summed E-state index contributed by atoms with van der Waals surface area (Å²) in [5, 5.41) is 12.7. The molecular formula is C26H27N5. The van der Waals surface area contributed by atoms with Gasteiger partial charge >= 0.3 is 0 Å². The first-order valence-corrected chi connectivity index (χ1v) is 11.1. The van der Waals surface area contributed by atoms with Crippen LogP contribution in [0.15, 0.2) is 54.7 Å². The van der Waals surface area contributed by atoms with Crippen molar-refractivity contribution in [2.24, 2.45) is 11.8 Å². The molecule has 0 amide bonds. The van der Waals surface area contributed by atoms with Crippen molar-refractivity contribution in [3.8, 4) is 28.5 Å². The second-order valence-corrected chi connectivity index (χ2v) is 8.73. The van der Waals surface area contributed by atoms with Gasteiger partial charge in [-0.05, 0) is 62.4 Å². The highest BCUT2D eigenvalue weighted by molar-refractivity contribution is 5.81. The molecule has 2 saturated heterocycles. The van der Waals surface area contributed by atoms with E-state index in [0.717, 1.165) is 66.3 Å². The summed E-state index contributed by atoms with van der Waals surface area (Å²) in [5.41, 5.74) is 5.93. The molecule has 1 N–H and O–H groups in total. The Bertz CT molecular complexity index is 1080. The number of aryl methyl sites for hydroxylation is 1. The molecule has 0 spiro atoms. The molecule has 31 heavy (non-hydrogen) atoms. The van der Waals surface area contributed by atoms with Gasteiger partial charge in [-0.3, -0.25) is 0 Å². The van der Waals surface area contributed by atoms with Gasteiger partial charge in [-0.2, -0.15) is 5.26 Å². The van der Waals surface area contributed by atoms with Crippen molar-refractivity contribution in [3.63, 3.8) is 0 Å². The maximum absolute atomic E-state index is 9.18. The Balaban J connectivity index is 1.53.